The minimum Gasteiger partial charge on any atom is -0.330 e. The number of rotatable bonds is 4. The topological polar surface area (TPSA) is 26.0 Å². The van der Waals surface area contributed by atoms with Gasteiger partial charge in [-0.1, -0.05) is 29.8 Å². The first-order chi connectivity index (χ1) is 9.10. The molecule has 2 N–H and O–H groups in total. The van der Waals surface area contributed by atoms with E-state index >= 15 is 0 Å². The lowest BCUT2D eigenvalue weighted by atomic mass is 9.92. The molecule has 0 saturated carbocycles. The molecule has 2 rings (SSSR count). The molecule has 0 amide bonds. The van der Waals surface area contributed by atoms with Crippen LogP contribution in [0.5, 0.6) is 0 Å². The fourth-order valence-electron chi connectivity index (χ4n) is 2.05. The zero-order valence-corrected chi connectivity index (χ0v) is 11.0. The minimum atomic E-state index is -0.576. The van der Waals surface area contributed by atoms with Crippen molar-refractivity contribution in [1.82, 2.24) is 0 Å². The van der Waals surface area contributed by atoms with Crippen molar-refractivity contribution in [3.63, 3.8) is 0 Å². The van der Waals surface area contributed by atoms with Crippen LogP contribution < -0.4 is 5.73 Å². The largest absolute Gasteiger partial charge is 0.330 e. The van der Waals surface area contributed by atoms with Crippen molar-refractivity contribution in [3.05, 3.63) is 70.2 Å². The van der Waals surface area contributed by atoms with Crippen molar-refractivity contribution in [2.75, 3.05) is 6.54 Å². The fraction of sp³-hybridized carbons (Fsp3) is 0.200. The van der Waals surface area contributed by atoms with Gasteiger partial charge in [0.25, 0.3) is 0 Å². The van der Waals surface area contributed by atoms with Crippen LogP contribution in [-0.4, -0.2) is 6.54 Å². The van der Waals surface area contributed by atoms with Crippen molar-refractivity contribution in [3.8, 4) is 0 Å². The molecule has 1 nitrogen and oxygen atoms in total. The molecule has 0 radical (unpaired) electrons. The molecular weight excluding hydrogens is 268 g/mol. The molecule has 0 aliphatic heterocycles. The van der Waals surface area contributed by atoms with Gasteiger partial charge in [-0.05, 0) is 42.3 Å². The smallest absolute Gasteiger partial charge is 0.129 e. The van der Waals surface area contributed by atoms with Crippen LogP contribution in [0.4, 0.5) is 8.78 Å². The van der Waals surface area contributed by atoms with Gasteiger partial charge in [-0.3, -0.25) is 0 Å². The Hall–Kier alpha value is -1.45. The summed E-state index contributed by atoms with van der Waals surface area (Å²) >= 11 is 5.94. The zero-order valence-electron chi connectivity index (χ0n) is 10.2. The summed E-state index contributed by atoms with van der Waals surface area (Å²) in [6.45, 7) is 0.372. The maximum atomic E-state index is 13.6. The third-order valence-electron chi connectivity index (χ3n) is 3.09. The van der Waals surface area contributed by atoms with Crippen molar-refractivity contribution in [2.45, 2.75) is 12.3 Å². The SMILES string of the molecule is NCC(Cc1ccc(F)cc1F)c1cccc(Cl)c1. The predicted octanol–water partition coefficient (Wildman–Crippen LogP) is 3.90. The molecular formula is C15H14ClF2N. The van der Waals surface area contributed by atoms with E-state index in [0.29, 0.717) is 23.6 Å². The number of benzene rings is 2. The van der Waals surface area contributed by atoms with Crippen LogP contribution in [-0.2, 0) is 6.42 Å². The second kappa shape index (κ2) is 6.13. The van der Waals surface area contributed by atoms with Crippen LogP contribution in [0.3, 0.4) is 0 Å². The van der Waals surface area contributed by atoms with E-state index in [1.54, 1.807) is 6.07 Å². The number of hydrogen-bond acceptors (Lipinski definition) is 1. The molecule has 0 fully saturated rings. The standard InChI is InChI=1S/C15H14ClF2N/c16-13-3-1-2-10(7-13)12(9-19)6-11-4-5-14(17)8-15(11)18/h1-5,7-8,12H,6,9,19H2. The van der Waals surface area contributed by atoms with Crippen LogP contribution in [0.25, 0.3) is 0 Å². The summed E-state index contributed by atoms with van der Waals surface area (Å²) in [6, 6.07) is 10.9. The van der Waals surface area contributed by atoms with Gasteiger partial charge in [0, 0.05) is 17.0 Å². The molecule has 0 heterocycles. The predicted molar refractivity (Wildman–Crippen MR) is 73.3 cm³/mol. The molecule has 2 aromatic carbocycles. The third-order valence-corrected chi connectivity index (χ3v) is 3.32. The molecule has 0 bridgehead atoms. The highest BCUT2D eigenvalue weighted by molar-refractivity contribution is 6.30. The third kappa shape index (κ3) is 3.52. The Bertz CT molecular complexity index is 572. The van der Waals surface area contributed by atoms with Gasteiger partial charge in [0.05, 0.1) is 0 Å². The highest BCUT2D eigenvalue weighted by Gasteiger charge is 2.14. The molecule has 1 atom stereocenters. The summed E-state index contributed by atoms with van der Waals surface area (Å²) in [4.78, 5) is 0. The van der Waals surface area contributed by atoms with E-state index in [1.807, 2.05) is 18.2 Å². The van der Waals surface area contributed by atoms with Crippen LogP contribution >= 0.6 is 11.6 Å². The van der Waals surface area contributed by atoms with E-state index in [-0.39, 0.29) is 5.92 Å². The van der Waals surface area contributed by atoms with Crippen LogP contribution in [0.2, 0.25) is 5.02 Å². The van der Waals surface area contributed by atoms with E-state index in [4.69, 9.17) is 17.3 Å². The van der Waals surface area contributed by atoms with Gasteiger partial charge < -0.3 is 5.73 Å². The van der Waals surface area contributed by atoms with E-state index in [2.05, 4.69) is 0 Å². The van der Waals surface area contributed by atoms with Crippen LogP contribution in [0, 0.1) is 11.6 Å². The Balaban J connectivity index is 2.24. The summed E-state index contributed by atoms with van der Waals surface area (Å²) in [7, 11) is 0. The average molecular weight is 282 g/mol. The molecule has 2 aromatic rings. The van der Waals surface area contributed by atoms with Crippen molar-refractivity contribution in [2.24, 2.45) is 5.73 Å². The lowest BCUT2D eigenvalue weighted by molar-refractivity contribution is 0.562. The Kier molecular flexibility index (Phi) is 4.51. The fourth-order valence-corrected chi connectivity index (χ4v) is 2.25. The quantitative estimate of drug-likeness (QED) is 0.904. The summed E-state index contributed by atoms with van der Waals surface area (Å²) in [6.07, 6.45) is 0.420. The monoisotopic (exact) mass is 281 g/mol. The molecule has 0 aliphatic rings. The normalized spacial score (nSPS) is 12.4. The first-order valence-corrected chi connectivity index (χ1v) is 6.37. The molecule has 0 spiro atoms. The van der Waals surface area contributed by atoms with Gasteiger partial charge in [-0.25, -0.2) is 8.78 Å². The van der Waals surface area contributed by atoms with Crippen molar-refractivity contribution < 1.29 is 8.78 Å². The summed E-state index contributed by atoms with van der Waals surface area (Å²) in [5, 5.41) is 0.621. The lowest BCUT2D eigenvalue weighted by Crippen LogP contribution is -2.15. The van der Waals surface area contributed by atoms with E-state index in [9.17, 15) is 8.78 Å². The number of hydrogen-bond donors (Lipinski definition) is 1. The van der Waals surface area contributed by atoms with Gasteiger partial charge in [0.15, 0.2) is 0 Å². The first-order valence-electron chi connectivity index (χ1n) is 5.99. The number of nitrogens with two attached hydrogens (primary N) is 1. The van der Waals surface area contributed by atoms with Gasteiger partial charge in [0.2, 0.25) is 0 Å². The Morgan fingerprint density at radius 1 is 1.11 bits per heavy atom. The zero-order chi connectivity index (χ0) is 13.8. The molecule has 0 aliphatic carbocycles. The molecule has 19 heavy (non-hydrogen) atoms. The highest BCUT2D eigenvalue weighted by Crippen LogP contribution is 2.24. The summed E-state index contributed by atoms with van der Waals surface area (Å²) in [5.74, 6) is -1.16. The molecule has 0 saturated heterocycles. The van der Waals surface area contributed by atoms with Gasteiger partial charge in [-0.2, -0.15) is 0 Å². The molecule has 4 heteroatoms. The maximum absolute atomic E-state index is 13.6. The van der Waals surface area contributed by atoms with E-state index in [1.165, 1.54) is 12.1 Å². The van der Waals surface area contributed by atoms with Crippen LogP contribution in [0.15, 0.2) is 42.5 Å². The van der Waals surface area contributed by atoms with Gasteiger partial charge in [0.1, 0.15) is 11.6 Å². The minimum absolute atomic E-state index is 0.0429. The summed E-state index contributed by atoms with van der Waals surface area (Å²) < 4.78 is 26.5. The van der Waals surface area contributed by atoms with E-state index in [0.717, 1.165) is 11.6 Å². The first kappa shape index (κ1) is 14.0. The average Bonchev–Trinajstić information content (AvgIpc) is 2.38. The Labute approximate surface area is 116 Å². The molecule has 0 aromatic heterocycles. The van der Waals surface area contributed by atoms with Gasteiger partial charge >= 0.3 is 0 Å². The molecule has 1 unspecified atom stereocenters. The molecule has 100 valence electrons. The second-order valence-electron chi connectivity index (χ2n) is 4.43. The lowest BCUT2D eigenvalue weighted by Gasteiger charge is -2.16. The number of halogens is 3. The van der Waals surface area contributed by atoms with Crippen molar-refractivity contribution >= 4 is 11.6 Å². The highest BCUT2D eigenvalue weighted by atomic mass is 35.5. The van der Waals surface area contributed by atoms with E-state index < -0.39 is 11.6 Å². The maximum Gasteiger partial charge on any atom is 0.129 e. The van der Waals surface area contributed by atoms with Crippen molar-refractivity contribution in [1.29, 1.82) is 0 Å². The van der Waals surface area contributed by atoms with Gasteiger partial charge in [-0.15, -0.1) is 0 Å². The Morgan fingerprint density at radius 2 is 1.89 bits per heavy atom. The Morgan fingerprint density at radius 3 is 2.53 bits per heavy atom. The van der Waals surface area contributed by atoms with Crippen LogP contribution in [0.1, 0.15) is 17.0 Å². The summed E-state index contributed by atoms with van der Waals surface area (Å²) in [5.41, 5.74) is 7.16. The second-order valence-corrected chi connectivity index (χ2v) is 4.86.